The van der Waals surface area contributed by atoms with Crippen LogP contribution >= 0.6 is 0 Å². The molecule has 2 aromatic rings. The highest BCUT2D eigenvalue weighted by Gasteiger charge is 2.34. The van der Waals surface area contributed by atoms with E-state index >= 15 is 0 Å². The molecule has 1 aliphatic rings. The number of aliphatic imine (C=N–C) groups is 1. The molecule has 0 saturated heterocycles. The second kappa shape index (κ2) is 8.65. The molecule has 0 aromatic heterocycles. The van der Waals surface area contributed by atoms with Crippen molar-refractivity contribution in [3.8, 4) is 0 Å². The lowest BCUT2D eigenvalue weighted by Crippen LogP contribution is -2.43. The largest absolute Gasteiger partial charge is 0.357 e. The summed E-state index contributed by atoms with van der Waals surface area (Å²) in [6.07, 6.45) is 0. The molecule has 2 amide bonds. The van der Waals surface area contributed by atoms with Crippen LogP contribution in [-0.4, -0.2) is 42.3 Å². The third-order valence-corrected chi connectivity index (χ3v) is 4.49. The number of imide groups is 1. The fraction of sp³-hybridized carbons (Fsp3) is 0.286. The Hall–Kier alpha value is -3.22. The average molecular weight is 382 g/mol. The number of fused-ring (bicyclic) bond motifs is 1. The molecular formula is C21H23FN4O2. The van der Waals surface area contributed by atoms with Gasteiger partial charge in [-0.1, -0.05) is 24.3 Å². The zero-order chi connectivity index (χ0) is 20.1. The Morgan fingerprint density at radius 3 is 2.36 bits per heavy atom. The maximum absolute atomic E-state index is 13.4. The van der Waals surface area contributed by atoms with Gasteiger partial charge in [-0.15, -0.1) is 0 Å². The van der Waals surface area contributed by atoms with Crippen molar-refractivity contribution >= 4 is 17.8 Å². The second-order valence-corrected chi connectivity index (χ2v) is 6.51. The van der Waals surface area contributed by atoms with Gasteiger partial charge < -0.3 is 10.6 Å². The van der Waals surface area contributed by atoms with Crippen LogP contribution in [0.3, 0.4) is 0 Å². The normalized spacial score (nSPS) is 13.7. The molecule has 0 unspecified atom stereocenters. The van der Waals surface area contributed by atoms with E-state index in [0.29, 0.717) is 42.3 Å². The first-order chi connectivity index (χ1) is 13.5. The van der Waals surface area contributed by atoms with Crippen LogP contribution in [0, 0.1) is 12.7 Å². The Morgan fingerprint density at radius 1 is 1.07 bits per heavy atom. The van der Waals surface area contributed by atoms with Crippen molar-refractivity contribution in [2.24, 2.45) is 4.99 Å². The van der Waals surface area contributed by atoms with E-state index in [-0.39, 0.29) is 24.2 Å². The van der Waals surface area contributed by atoms with Crippen LogP contribution in [0.1, 0.15) is 38.8 Å². The summed E-state index contributed by atoms with van der Waals surface area (Å²) in [5.74, 6) is -0.211. The van der Waals surface area contributed by atoms with E-state index in [2.05, 4.69) is 15.6 Å². The van der Waals surface area contributed by atoms with Gasteiger partial charge in [-0.3, -0.25) is 14.5 Å². The summed E-state index contributed by atoms with van der Waals surface area (Å²) < 4.78 is 13.4. The number of carbonyl (C=O) groups excluding carboxylic acids is 2. The van der Waals surface area contributed by atoms with Crippen molar-refractivity contribution in [1.29, 1.82) is 0 Å². The standard InChI is InChI=1S/C21H23FN4O2/c1-3-23-21(25-13-15-8-9-18(22)14(2)12-15)24-10-11-26-19(27)16-6-4-5-7-17(16)20(26)28/h4-9,12H,3,10-11,13H2,1-2H3,(H2,23,24,25). The lowest BCUT2D eigenvalue weighted by atomic mass is 10.1. The molecule has 2 aromatic carbocycles. The molecule has 1 aliphatic heterocycles. The third-order valence-electron chi connectivity index (χ3n) is 4.49. The van der Waals surface area contributed by atoms with Crippen LogP contribution in [0.15, 0.2) is 47.5 Å². The summed E-state index contributed by atoms with van der Waals surface area (Å²) in [4.78, 5) is 30.5. The Kier molecular flexibility index (Phi) is 6.03. The minimum absolute atomic E-state index is 0.237. The monoisotopic (exact) mass is 382 g/mol. The Bertz CT molecular complexity index is 891. The van der Waals surface area contributed by atoms with Crippen molar-refractivity contribution in [1.82, 2.24) is 15.5 Å². The number of halogens is 1. The minimum Gasteiger partial charge on any atom is -0.357 e. The van der Waals surface area contributed by atoms with Gasteiger partial charge in [-0.05, 0) is 43.2 Å². The number of carbonyl (C=O) groups is 2. The summed E-state index contributed by atoms with van der Waals surface area (Å²) >= 11 is 0. The molecule has 0 fully saturated rings. The van der Waals surface area contributed by atoms with Crippen LogP contribution in [0.2, 0.25) is 0 Å². The van der Waals surface area contributed by atoms with E-state index in [1.165, 1.54) is 11.0 Å². The number of hydrogen-bond donors (Lipinski definition) is 2. The number of nitrogens with one attached hydrogen (secondary N) is 2. The summed E-state index contributed by atoms with van der Waals surface area (Å²) in [5, 5.41) is 6.25. The quantitative estimate of drug-likeness (QED) is 0.457. The lowest BCUT2D eigenvalue weighted by Gasteiger charge is -2.16. The molecule has 1 heterocycles. The highest BCUT2D eigenvalue weighted by molar-refractivity contribution is 6.21. The number of benzene rings is 2. The van der Waals surface area contributed by atoms with Gasteiger partial charge in [-0.2, -0.15) is 0 Å². The van der Waals surface area contributed by atoms with Gasteiger partial charge in [0.25, 0.3) is 11.8 Å². The zero-order valence-corrected chi connectivity index (χ0v) is 16.0. The van der Waals surface area contributed by atoms with Crippen molar-refractivity contribution in [2.75, 3.05) is 19.6 Å². The smallest absolute Gasteiger partial charge is 0.261 e. The molecule has 7 heteroatoms. The van der Waals surface area contributed by atoms with Crippen LogP contribution < -0.4 is 10.6 Å². The van der Waals surface area contributed by atoms with Gasteiger partial charge in [0.1, 0.15) is 5.82 Å². The van der Waals surface area contributed by atoms with Gasteiger partial charge >= 0.3 is 0 Å². The van der Waals surface area contributed by atoms with Gasteiger partial charge in [0.2, 0.25) is 0 Å². The van der Waals surface area contributed by atoms with Crippen LogP contribution in [0.4, 0.5) is 4.39 Å². The number of amides is 2. The number of rotatable bonds is 6. The predicted octanol–water partition coefficient (Wildman–Crippen LogP) is 2.49. The molecule has 28 heavy (non-hydrogen) atoms. The fourth-order valence-electron chi connectivity index (χ4n) is 3.05. The van der Waals surface area contributed by atoms with Gasteiger partial charge in [-0.25, -0.2) is 9.38 Å². The first-order valence-corrected chi connectivity index (χ1v) is 9.23. The Labute approximate surface area is 163 Å². The molecule has 0 radical (unpaired) electrons. The molecule has 0 spiro atoms. The Balaban J connectivity index is 1.59. The highest BCUT2D eigenvalue weighted by Crippen LogP contribution is 2.21. The average Bonchev–Trinajstić information content (AvgIpc) is 2.94. The van der Waals surface area contributed by atoms with Crippen LogP contribution in [0.25, 0.3) is 0 Å². The molecule has 6 nitrogen and oxygen atoms in total. The minimum atomic E-state index is -0.272. The van der Waals surface area contributed by atoms with E-state index in [1.807, 2.05) is 6.92 Å². The molecule has 0 atom stereocenters. The third kappa shape index (κ3) is 4.19. The van der Waals surface area contributed by atoms with Crippen molar-refractivity contribution in [3.63, 3.8) is 0 Å². The number of hydrogen-bond acceptors (Lipinski definition) is 3. The topological polar surface area (TPSA) is 73.8 Å². The molecule has 3 rings (SSSR count). The first-order valence-electron chi connectivity index (χ1n) is 9.23. The summed E-state index contributed by atoms with van der Waals surface area (Å²) in [5.41, 5.74) is 2.37. The van der Waals surface area contributed by atoms with Crippen LogP contribution in [0.5, 0.6) is 0 Å². The van der Waals surface area contributed by atoms with Crippen molar-refractivity contribution in [2.45, 2.75) is 20.4 Å². The molecular weight excluding hydrogens is 359 g/mol. The molecule has 0 bridgehead atoms. The highest BCUT2D eigenvalue weighted by atomic mass is 19.1. The van der Waals surface area contributed by atoms with E-state index in [1.54, 1.807) is 43.3 Å². The van der Waals surface area contributed by atoms with Crippen LogP contribution in [-0.2, 0) is 6.54 Å². The second-order valence-electron chi connectivity index (χ2n) is 6.51. The molecule has 146 valence electrons. The fourth-order valence-corrected chi connectivity index (χ4v) is 3.05. The van der Waals surface area contributed by atoms with Gasteiger partial charge in [0.15, 0.2) is 5.96 Å². The SMILES string of the molecule is CCNC(=NCc1ccc(F)c(C)c1)NCCN1C(=O)c2ccccc2C1=O. The number of guanidine groups is 1. The maximum Gasteiger partial charge on any atom is 0.261 e. The van der Waals surface area contributed by atoms with Crippen molar-refractivity contribution in [3.05, 3.63) is 70.5 Å². The lowest BCUT2D eigenvalue weighted by molar-refractivity contribution is 0.0657. The number of aryl methyl sites for hydroxylation is 1. The molecule has 0 aliphatic carbocycles. The maximum atomic E-state index is 13.4. The summed E-state index contributed by atoms with van der Waals surface area (Å²) in [6.45, 7) is 5.34. The van der Waals surface area contributed by atoms with E-state index in [4.69, 9.17) is 0 Å². The van der Waals surface area contributed by atoms with Gasteiger partial charge in [0, 0.05) is 19.6 Å². The molecule has 0 saturated carbocycles. The van der Waals surface area contributed by atoms with Crippen molar-refractivity contribution < 1.29 is 14.0 Å². The van der Waals surface area contributed by atoms with E-state index < -0.39 is 0 Å². The summed E-state index contributed by atoms with van der Waals surface area (Å²) in [6, 6.07) is 11.7. The number of nitrogens with zero attached hydrogens (tertiary/aromatic N) is 2. The first kappa shape index (κ1) is 19.5. The Morgan fingerprint density at radius 2 is 1.75 bits per heavy atom. The zero-order valence-electron chi connectivity index (χ0n) is 16.0. The summed E-state index contributed by atoms with van der Waals surface area (Å²) in [7, 11) is 0. The van der Waals surface area contributed by atoms with E-state index in [0.717, 1.165) is 5.56 Å². The van der Waals surface area contributed by atoms with Gasteiger partial charge in [0.05, 0.1) is 17.7 Å². The predicted molar refractivity (Wildman–Crippen MR) is 106 cm³/mol. The molecule has 2 N–H and O–H groups in total. The van der Waals surface area contributed by atoms with E-state index in [9.17, 15) is 14.0 Å².